The van der Waals surface area contributed by atoms with Crippen molar-refractivity contribution in [3.05, 3.63) is 0 Å². The maximum absolute atomic E-state index is 11.3. The smallest absolute Gasteiger partial charge is 0.221 e. The Balaban J connectivity index is 3.31. The molecule has 0 aromatic carbocycles. The molecule has 0 aromatic heterocycles. The predicted octanol–water partition coefficient (Wildman–Crippen LogP) is 0.538. The second-order valence-corrected chi connectivity index (χ2v) is 4.01. The van der Waals surface area contributed by atoms with Gasteiger partial charge in [-0.25, -0.2) is 0 Å². The van der Waals surface area contributed by atoms with Crippen LogP contribution in [0.3, 0.4) is 0 Å². The molecular weight excluding hydrogens is 218 g/mol. The minimum absolute atomic E-state index is 0.0178. The third-order valence-corrected chi connectivity index (χ3v) is 2.41. The lowest BCUT2D eigenvalue weighted by Gasteiger charge is -2.05. The van der Waals surface area contributed by atoms with E-state index in [0.29, 0.717) is 25.9 Å². The molecule has 0 heterocycles. The Morgan fingerprint density at radius 1 is 0.941 bits per heavy atom. The Hall–Kier alpha value is -1.10. The summed E-state index contributed by atoms with van der Waals surface area (Å²) >= 11 is 0. The molecule has 0 saturated carbocycles. The van der Waals surface area contributed by atoms with Gasteiger partial charge in [-0.15, -0.1) is 0 Å². The van der Waals surface area contributed by atoms with Crippen molar-refractivity contribution in [3.8, 4) is 0 Å². The zero-order valence-electron chi connectivity index (χ0n) is 10.8. The third kappa shape index (κ3) is 11.2. The summed E-state index contributed by atoms with van der Waals surface area (Å²) in [5.41, 5.74) is 5.37. The van der Waals surface area contributed by atoms with E-state index in [4.69, 9.17) is 5.73 Å². The summed E-state index contributed by atoms with van der Waals surface area (Å²) in [4.78, 5) is 22.4. The van der Waals surface area contributed by atoms with Gasteiger partial charge in [0, 0.05) is 25.9 Å². The normalized spacial score (nSPS) is 10.0. The number of unbranched alkanes of at least 4 members (excludes halogenated alkanes) is 3. The van der Waals surface area contributed by atoms with E-state index in [1.807, 2.05) is 6.92 Å². The average Bonchev–Trinajstić information content (AvgIpc) is 2.29. The Kier molecular flexibility index (Phi) is 10.7. The van der Waals surface area contributed by atoms with Gasteiger partial charge in [0.15, 0.2) is 0 Å². The van der Waals surface area contributed by atoms with Gasteiger partial charge in [-0.1, -0.05) is 12.8 Å². The largest absolute Gasteiger partial charge is 0.356 e. The van der Waals surface area contributed by atoms with Crippen LogP contribution in [0.15, 0.2) is 0 Å². The molecule has 0 bridgehead atoms. The van der Waals surface area contributed by atoms with Crippen LogP contribution in [0.25, 0.3) is 0 Å². The fourth-order valence-corrected chi connectivity index (χ4v) is 1.47. The molecule has 4 N–H and O–H groups in total. The number of carbonyl (C=O) groups is 2. The monoisotopic (exact) mass is 243 g/mol. The molecule has 5 heteroatoms. The standard InChI is InChI=1S/C12H25N3O2/c1-2-14-12(17)8-10-15-11(16)7-5-3-4-6-9-13/h2-10,13H2,1H3,(H,14,17)(H,15,16). The summed E-state index contributed by atoms with van der Waals surface area (Å²) in [5, 5.41) is 5.42. The zero-order chi connectivity index (χ0) is 12.9. The summed E-state index contributed by atoms with van der Waals surface area (Å²) in [6.07, 6.45) is 4.95. The SMILES string of the molecule is CCNC(=O)CCNC(=O)CCCCCCN. The molecule has 17 heavy (non-hydrogen) atoms. The van der Waals surface area contributed by atoms with Gasteiger partial charge in [-0.05, 0) is 26.3 Å². The third-order valence-electron chi connectivity index (χ3n) is 2.41. The second-order valence-electron chi connectivity index (χ2n) is 4.01. The van der Waals surface area contributed by atoms with E-state index in [1.54, 1.807) is 0 Å². The van der Waals surface area contributed by atoms with Crippen molar-refractivity contribution < 1.29 is 9.59 Å². The van der Waals surface area contributed by atoms with Crippen molar-refractivity contribution in [2.45, 2.75) is 45.4 Å². The number of hydrogen-bond donors (Lipinski definition) is 3. The quantitative estimate of drug-likeness (QED) is 0.490. The summed E-state index contributed by atoms with van der Waals surface area (Å²) in [6.45, 7) is 3.65. The molecule has 0 rings (SSSR count). The van der Waals surface area contributed by atoms with Crippen LogP contribution in [-0.4, -0.2) is 31.4 Å². The Bertz CT molecular complexity index is 220. The van der Waals surface area contributed by atoms with Crippen LogP contribution in [0.2, 0.25) is 0 Å². The van der Waals surface area contributed by atoms with Gasteiger partial charge in [0.2, 0.25) is 11.8 Å². The fourth-order valence-electron chi connectivity index (χ4n) is 1.47. The van der Waals surface area contributed by atoms with Crippen LogP contribution in [0.4, 0.5) is 0 Å². The Labute approximate surface area is 104 Å². The van der Waals surface area contributed by atoms with Gasteiger partial charge in [-0.2, -0.15) is 0 Å². The van der Waals surface area contributed by atoms with E-state index in [1.165, 1.54) is 0 Å². The molecule has 0 aromatic rings. The number of nitrogens with two attached hydrogens (primary N) is 1. The fraction of sp³-hybridized carbons (Fsp3) is 0.833. The molecule has 0 atom stereocenters. The Morgan fingerprint density at radius 3 is 2.24 bits per heavy atom. The van der Waals surface area contributed by atoms with Crippen molar-refractivity contribution in [1.29, 1.82) is 0 Å². The summed E-state index contributed by atoms with van der Waals surface area (Å²) in [6, 6.07) is 0. The van der Waals surface area contributed by atoms with Crippen molar-refractivity contribution in [3.63, 3.8) is 0 Å². The van der Waals surface area contributed by atoms with E-state index < -0.39 is 0 Å². The lowest BCUT2D eigenvalue weighted by atomic mass is 10.1. The van der Waals surface area contributed by atoms with Gasteiger partial charge in [0.25, 0.3) is 0 Å². The van der Waals surface area contributed by atoms with Crippen LogP contribution in [-0.2, 0) is 9.59 Å². The first-order valence-electron chi connectivity index (χ1n) is 6.44. The lowest BCUT2D eigenvalue weighted by Crippen LogP contribution is -2.30. The van der Waals surface area contributed by atoms with Crippen molar-refractivity contribution in [1.82, 2.24) is 10.6 Å². The molecule has 5 nitrogen and oxygen atoms in total. The first-order chi connectivity index (χ1) is 8.20. The molecule has 0 fully saturated rings. The number of rotatable bonds is 10. The van der Waals surface area contributed by atoms with Crippen LogP contribution in [0, 0.1) is 0 Å². The van der Waals surface area contributed by atoms with E-state index in [0.717, 1.165) is 32.2 Å². The highest BCUT2D eigenvalue weighted by Gasteiger charge is 2.02. The van der Waals surface area contributed by atoms with Gasteiger partial charge in [0.05, 0.1) is 0 Å². The molecule has 0 radical (unpaired) electrons. The number of hydrogen-bond acceptors (Lipinski definition) is 3. The Morgan fingerprint density at radius 2 is 1.59 bits per heavy atom. The minimum Gasteiger partial charge on any atom is -0.356 e. The van der Waals surface area contributed by atoms with E-state index in [9.17, 15) is 9.59 Å². The lowest BCUT2D eigenvalue weighted by molar-refractivity contribution is -0.122. The summed E-state index contributed by atoms with van der Waals surface area (Å²) < 4.78 is 0. The van der Waals surface area contributed by atoms with E-state index in [2.05, 4.69) is 10.6 Å². The molecule has 100 valence electrons. The molecule has 0 aliphatic heterocycles. The van der Waals surface area contributed by atoms with Crippen molar-refractivity contribution in [2.24, 2.45) is 5.73 Å². The number of amides is 2. The van der Waals surface area contributed by atoms with Crippen LogP contribution in [0.1, 0.15) is 45.4 Å². The van der Waals surface area contributed by atoms with E-state index in [-0.39, 0.29) is 11.8 Å². The van der Waals surface area contributed by atoms with E-state index >= 15 is 0 Å². The highest BCUT2D eigenvalue weighted by atomic mass is 16.2. The molecule has 0 unspecified atom stereocenters. The minimum atomic E-state index is -0.0178. The average molecular weight is 243 g/mol. The highest BCUT2D eigenvalue weighted by Crippen LogP contribution is 2.01. The van der Waals surface area contributed by atoms with Crippen LogP contribution in [0.5, 0.6) is 0 Å². The van der Waals surface area contributed by atoms with Crippen LogP contribution < -0.4 is 16.4 Å². The first kappa shape index (κ1) is 15.9. The molecule has 0 saturated heterocycles. The summed E-state index contributed by atoms with van der Waals surface area (Å²) in [7, 11) is 0. The number of carbonyl (C=O) groups excluding carboxylic acids is 2. The highest BCUT2D eigenvalue weighted by molar-refractivity contribution is 5.78. The maximum Gasteiger partial charge on any atom is 0.221 e. The number of nitrogens with one attached hydrogen (secondary N) is 2. The summed E-state index contributed by atoms with van der Waals surface area (Å²) in [5.74, 6) is 0.0118. The zero-order valence-corrected chi connectivity index (χ0v) is 10.8. The first-order valence-corrected chi connectivity index (χ1v) is 6.44. The molecule has 0 aliphatic rings. The van der Waals surface area contributed by atoms with Crippen LogP contribution >= 0.6 is 0 Å². The molecule has 0 aliphatic carbocycles. The van der Waals surface area contributed by atoms with Gasteiger partial charge >= 0.3 is 0 Å². The predicted molar refractivity (Wildman–Crippen MR) is 68.4 cm³/mol. The maximum atomic E-state index is 11.3. The molecule has 0 spiro atoms. The van der Waals surface area contributed by atoms with Gasteiger partial charge in [-0.3, -0.25) is 9.59 Å². The second kappa shape index (κ2) is 11.4. The van der Waals surface area contributed by atoms with Crippen molar-refractivity contribution >= 4 is 11.8 Å². The molecular formula is C12H25N3O2. The van der Waals surface area contributed by atoms with Gasteiger partial charge in [0.1, 0.15) is 0 Å². The van der Waals surface area contributed by atoms with Crippen molar-refractivity contribution in [2.75, 3.05) is 19.6 Å². The molecule has 2 amide bonds. The van der Waals surface area contributed by atoms with Gasteiger partial charge < -0.3 is 16.4 Å². The topological polar surface area (TPSA) is 84.2 Å².